The highest BCUT2D eigenvalue weighted by molar-refractivity contribution is 7.88. The standard InChI is InChI=1S/C24H27F3N4O5S/c1-14-9-10-16(12-28)29-21(14)35-18-8-6-7-15(19(18)25)11-17-20(30-37(5,33)34)24(26,27)13-31(17)22(32)36-23(2,3)4/h6-10,17,20,30H,11,13H2,1-5H3/t17-,20+/m0/s1. The van der Waals surface area contributed by atoms with Crippen molar-refractivity contribution in [2.75, 3.05) is 12.8 Å². The maximum atomic E-state index is 15.5. The Kier molecular flexibility index (Phi) is 7.76. The molecule has 1 aromatic carbocycles. The number of nitrogens with zero attached hydrogens (tertiary/aromatic N) is 3. The van der Waals surface area contributed by atoms with Gasteiger partial charge < -0.3 is 9.47 Å². The van der Waals surface area contributed by atoms with Gasteiger partial charge in [-0.05, 0) is 51.8 Å². The molecule has 2 aromatic rings. The largest absolute Gasteiger partial charge is 0.444 e. The number of carbonyl (C=O) groups is 1. The molecule has 1 aliphatic rings. The van der Waals surface area contributed by atoms with Crippen LogP contribution in [0.2, 0.25) is 0 Å². The van der Waals surface area contributed by atoms with Crippen molar-refractivity contribution in [3.8, 4) is 17.7 Å². The fourth-order valence-corrected chi connectivity index (χ4v) is 4.64. The van der Waals surface area contributed by atoms with Crippen molar-refractivity contribution >= 4 is 16.1 Å². The lowest BCUT2D eigenvalue weighted by Gasteiger charge is -2.30. The number of amides is 1. The van der Waals surface area contributed by atoms with Gasteiger partial charge in [-0.2, -0.15) is 5.26 Å². The molecule has 13 heteroatoms. The van der Waals surface area contributed by atoms with Gasteiger partial charge in [0.05, 0.1) is 18.8 Å². The quantitative estimate of drug-likeness (QED) is 0.590. The SMILES string of the molecule is Cc1ccc(C#N)nc1Oc1cccc(C[C@H]2[C@@H](NS(C)(=O)=O)C(F)(F)CN2C(=O)OC(C)(C)C)c1F. The molecule has 200 valence electrons. The Morgan fingerprint density at radius 1 is 1.30 bits per heavy atom. The van der Waals surface area contributed by atoms with Crippen LogP contribution in [0.1, 0.15) is 37.6 Å². The van der Waals surface area contributed by atoms with Crippen LogP contribution in [0.5, 0.6) is 11.6 Å². The molecule has 3 rings (SSSR count). The van der Waals surface area contributed by atoms with Crippen LogP contribution in [0.25, 0.3) is 0 Å². The van der Waals surface area contributed by atoms with Crippen molar-refractivity contribution in [3.05, 3.63) is 53.0 Å². The number of sulfonamides is 1. The minimum absolute atomic E-state index is 0.0190. The van der Waals surface area contributed by atoms with E-state index in [1.807, 2.05) is 10.8 Å². The van der Waals surface area contributed by atoms with Gasteiger partial charge in [0.1, 0.15) is 23.4 Å². The van der Waals surface area contributed by atoms with Gasteiger partial charge in [0.15, 0.2) is 11.6 Å². The number of aromatic nitrogens is 1. The van der Waals surface area contributed by atoms with Crippen LogP contribution in [0, 0.1) is 24.1 Å². The molecular weight excluding hydrogens is 513 g/mol. The van der Waals surface area contributed by atoms with Crippen molar-refractivity contribution < 1.29 is 35.9 Å². The average Bonchev–Trinajstić information content (AvgIpc) is 3.00. The third kappa shape index (κ3) is 6.90. The Hall–Kier alpha value is -3.37. The summed E-state index contributed by atoms with van der Waals surface area (Å²) in [6.07, 6.45) is -0.845. The molecule has 1 N–H and O–H groups in total. The highest BCUT2D eigenvalue weighted by Crippen LogP contribution is 2.37. The number of carbonyl (C=O) groups excluding carboxylic acids is 1. The van der Waals surface area contributed by atoms with Crippen molar-refractivity contribution in [2.24, 2.45) is 0 Å². The number of ether oxygens (including phenoxy) is 2. The van der Waals surface area contributed by atoms with Crippen LogP contribution >= 0.6 is 0 Å². The van der Waals surface area contributed by atoms with E-state index in [0.29, 0.717) is 10.5 Å². The summed E-state index contributed by atoms with van der Waals surface area (Å²) in [6, 6.07) is 5.41. The summed E-state index contributed by atoms with van der Waals surface area (Å²) in [5, 5.41) is 9.07. The lowest BCUT2D eigenvalue weighted by Crippen LogP contribution is -2.52. The second kappa shape index (κ2) is 10.2. The summed E-state index contributed by atoms with van der Waals surface area (Å²) in [5.41, 5.74) is -0.551. The normalized spacial score (nSPS) is 19.4. The van der Waals surface area contributed by atoms with E-state index in [9.17, 15) is 22.0 Å². The van der Waals surface area contributed by atoms with Gasteiger partial charge in [-0.1, -0.05) is 18.2 Å². The monoisotopic (exact) mass is 540 g/mol. The van der Waals surface area contributed by atoms with Crippen molar-refractivity contribution in [1.82, 2.24) is 14.6 Å². The smallest absolute Gasteiger partial charge is 0.410 e. The van der Waals surface area contributed by atoms with E-state index in [2.05, 4.69) is 4.98 Å². The second-order valence-electron chi connectivity index (χ2n) is 9.77. The number of hydrogen-bond donors (Lipinski definition) is 1. The molecule has 37 heavy (non-hydrogen) atoms. The van der Waals surface area contributed by atoms with Gasteiger partial charge in [0.25, 0.3) is 5.92 Å². The number of alkyl halides is 2. The molecule has 1 amide bonds. The van der Waals surface area contributed by atoms with E-state index in [-0.39, 0.29) is 22.9 Å². The third-order valence-electron chi connectivity index (χ3n) is 5.43. The van der Waals surface area contributed by atoms with Gasteiger partial charge in [-0.3, -0.25) is 4.90 Å². The van der Waals surface area contributed by atoms with Crippen LogP contribution in [0.4, 0.5) is 18.0 Å². The minimum atomic E-state index is -4.12. The first kappa shape index (κ1) is 28.2. The first-order chi connectivity index (χ1) is 17.0. The third-order valence-corrected chi connectivity index (χ3v) is 6.12. The van der Waals surface area contributed by atoms with Gasteiger partial charge in [0, 0.05) is 5.56 Å². The number of nitrogens with one attached hydrogen (secondary N) is 1. The highest BCUT2D eigenvalue weighted by atomic mass is 32.2. The fourth-order valence-electron chi connectivity index (χ4n) is 3.85. The molecule has 0 radical (unpaired) electrons. The zero-order valence-electron chi connectivity index (χ0n) is 20.9. The lowest BCUT2D eigenvalue weighted by atomic mass is 9.98. The van der Waals surface area contributed by atoms with E-state index in [1.165, 1.54) is 24.3 Å². The fraction of sp³-hybridized carbons (Fsp3) is 0.458. The van der Waals surface area contributed by atoms with Gasteiger partial charge in [0.2, 0.25) is 15.9 Å². The molecule has 0 unspecified atom stereocenters. The summed E-state index contributed by atoms with van der Waals surface area (Å²) >= 11 is 0. The Balaban J connectivity index is 1.99. The zero-order chi connectivity index (χ0) is 27.8. The number of hydrogen-bond acceptors (Lipinski definition) is 7. The molecule has 1 aliphatic heterocycles. The molecule has 1 saturated heterocycles. The number of pyridine rings is 1. The molecule has 0 bridgehead atoms. The Labute approximate surface area is 213 Å². The summed E-state index contributed by atoms with van der Waals surface area (Å²) in [7, 11) is -4.12. The van der Waals surface area contributed by atoms with Gasteiger partial charge in [-0.25, -0.2) is 36.1 Å². The first-order valence-corrected chi connectivity index (χ1v) is 13.1. The minimum Gasteiger partial charge on any atom is -0.444 e. The second-order valence-corrected chi connectivity index (χ2v) is 11.6. The number of benzene rings is 1. The summed E-state index contributed by atoms with van der Waals surface area (Å²) in [6.45, 7) is 5.18. The predicted octanol–water partition coefficient (Wildman–Crippen LogP) is 3.91. The molecule has 9 nitrogen and oxygen atoms in total. The number of likely N-dealkylation sites (tertiary alicyclic amines) is 1. The zero-order valence-corrected chi connectivity index (χ0v) is 21.7. The molecule has 0 aliphatic carbocycles. The van der Waals surface area contributed by atoms with Crippen LogP contribution in [0.15, 0.2) is 30.3 Å². The summed E-state index contributed by atoms with van der Waals surface area (Å²) in [5.74, 6) is -4.88. The lowest BCUT2D eigenvalue weighted by molar-refractivity contribution is -0.0122. The van der Waals surface area contributed by atoms with Crippen molar-refractivity contribution in [2.45, 2.75) is 57.7 Å². The number of aryl methyl sites for hydroxylation is 1. The van der Waals surface area contributed by atoms with Gasteiger partial charge in [-0.15, -0.1) is 0 Å². The molecule has 0 spiro atoms. The van der Waals surface area contributed by atoms with Crippen LogP contribution in [-0.2, 0) is 21.2 Å². The predicted molar refractivity (Wildman–Crippen MR) is 127 cm³/mol. The number of nitriles is 1. The Bertz CT molecular complexity index is 1340. The van der Waals surface area contributed by atoms with E-state index in [1.54, 1.807) is 33.8 Å². The highest BCUT2D eigenvalue weighted by Gasteiger charge is 2.57. The van der Waals surface area contributed by atoms with E-state index in [4.69, 9.17) is 14.7 Å². The molecule has 2 atom stereocenters. The topological polar surface area (TPSA) is 122 Å². The van der Waals surface area contributed by atoms with Crippen molar-refractivity contribution in [3.63, 3.8) is 0 Å². The molecule has 1 aromatic heterocycles. The molecule has 0 saturated carbocycles. The van der Waals surface area contributed by atoms with E-state index in [0.717, 1.165) is 6.26 Å². The van der Waals surface area contributed by atoms with Crippen molar-refractivity contribution in [1.29, 1.82) is 5.26 Å². The average molecular weight is 541 g/mol. The van der Waals surface area contributed by atoms with Crippen LogP contribution in [-0.4, -0.2) is 60.8 Å². The maximum absolute atomic E-state index is 15.5. The van der Waals surface area contributed by atoms with E-state index >= 15 is 4.39 Å². The molecular formula is C24H27F3N4O5S. The number of rotatable bonds is 6. The molecule has 2 heterocycles. The van der Waals surface area contributed by atoms with E-state index < -0.39 is 58.5 Å². The Morgan fingerprint density at radius 2 is 1.97 bits per heavy atom. The molecule has 1 fully saturated rings. The number of halogens is 3. The summed E-state index contributed by atoms with van der Waals surface area (Å²) in [4.78, 5) is 17.5. The Morgan fingerprint density at radius 3 is 2.57 bits per heavy atom. The van der Waals surface area contributed by atoms with Crippen LogP contribution in [0.3, 0.4) is 0 Å². The first-order valence-electron chi connectivity index (χ1n) is 11.2. The van der Waals surface area contributed by atoms with Gasteiger partial charge >= 0.3 is 6.09 Å². The van der Waals surface area contributed by atoms with Crippen LogP contribution < -0.4 is 9.46 Å². The summed E-state index contributed by atoms with van der Waals surface area (Å²) < 4.78 is 82.0. The maximum Gasteiger partial charge on any atom is 0.410 e.